The quantitative estimate of drug-likeness (QED) is 0.868. The number of halogens is 1. The number of nitrogens with zero attached hydrogens (tertiary/aromatic N) is 2. The number of amides is 2. The van der Waals surface area contributed by atoms with Crippen LogP contribution in [0.3, 0.4) is 0 Å². The van der Waals surface area contributed by atoms with Gasteiger partial charge in [-0.25, -0.2) is 9.18 Å². The third kappa shape index (κ3) is 2.88. The first-order valence-corrected chi connectivity index (χ1v) is 7.12. The van der Waals surface area contributed by atoms with Gasteiger partial charge in [-0.1, -0.05) is 12.1 Å². The molecule has 114 valence electrons. The fraction of sp³-hybridized carbons (Fsp3) is 0.235. The fourth-order valence-electron chi connectivity index (χ4n) is 2.54. The smallest absolute Gasteiger partial charge is 0.324 e. The molecule has 0 radical (unpaired) electrons. The van der Waals surface area contributed by atoms with Crippen molar-refractivity contribution in [1.82, 2.24) is 4.90 Å². The lowest BCUT2D eigenvalue weighted by atomic mass is 10.2. The van der Waals surface area contributed by atoms with E-state index in [1.54, 1.807) is 29.0 Å². The minimum atomic E-state index is -0.267. The molecule has 0 spiro atoms. The molecule has 1 saturated heterocycles. The minimum absolute atomic E-state index is 0.0329. The highest BCUT2D eigenvalue weighted by Gasteiger charge is 2.29. The summed E-state index contributed by atoms with van der Waals surface area (Å²) in [5.41, 5.74) is 1.78. The second kappa shape index (κ2) is 6.05. The van der Waals surface area contributed by atoms with Crippen LogP contribution in [0.25, 0.3) is 0 Å². The number of methoxy groups -OCH3 is 1. The highest BCUT2D eigenvalue weighted by Crippen LogP contribution is 2.24. The van der Waals surface area contributed by atoms with E-state index in [2.05, 4.69) is 0 Å². The molecule has 1 aliphatic heterocycles. The van der Waals surface area contributed by atoms with Crippen LogP contribution in [0.4, 0.5) is 14.9 Å². The second-order valence-electron chi connectivity index (χ2n) is 5.18. The van der Waals surface area contributed by atoms with Crippen LogP contribution in [0.5, 0.6) is 5.75 Å². The normalized spacial score (nSPS) is 14.5. The van der Waals surface area contributed by atoms with E-state index in [9.17, 15) is 9.18 Å². The SMILES string of the molecule is COc1ccc(N2CCN(Cc3ccc(F)cc3)C2=O)cc1. The van der Waals surface area contributed by atoms with E-state index in [4.69, 9.17) is 4.74 Å². The number of anilines is 1. The molecule has 4 nitrogen and oxygen atoms in total. The molecule has 3 rings (SSSR count). The van der Waals surface area contributed by atoms with Crippen molar-refractivity contribution in [3.05, 3.63) is 59.9 Å². The number of hydrogen-bond acceptors (Lipinski definition) is 2. The summed E-state index contributed by atoms with van der Waals surface area (Å²) in [5, 5.41) is 0. The van der Waals surface area contributed by atoms with Gasteiger partial charge in [0.1, 0.15) is 11.6 Å². The summed E-state index contributed by atoms with van der Waals surface area (Å²) in [6.07, 6.45) is 0. The van der Waals surface area contributed by atoms with E-state index in [1.807, 2.05) is 24.3 Å². The van der Waals surface area contributed by atoms with Crippen LogP contribution in [-0.2, 0) is 6.54 Å². The van der Waals surface area contributed by atoms with Crippen molar-refractivity contribution in [1.29, 1.82) is 0 Å². The Labute approximate surface area is 128 Å². The molecule has 22 heavy (non-hydrogen) atoms. The average molecular weight is 300 g/mol. The Kier molecular flexibility index (Phi) is 3.96. The summed E-state index contributed by atoms with van der Waals surface area (Å²) < 4.78 is 18.0. The van der Waals surface area contributed by atoms with E-state index >= 15 is 0 Å². The van der Waals surface area contributed by atoms with E-state index in [-0.39, 0.29) is 11.8 Å². The summed E-state index contributed by atoms with van der Waals surface area (Å²) >= 11 is 0. The van der Waals surface area contributed by atoms with Crippen molar-refractivity contribution in [3.8, 4) is 5.75 Å². The van der Waals surface area contributed by atoms with Crippen molar-refractivity contribution in [2.75, 3.05) is 25.1 Å². The molecule has 0 unspecified atom stereocenters. The molecule has 2 aromatic carbocycles. The summed E-state index contributed by atoms with van der Waals surface area (Å²) in [6.45, 7) is 1.79. The average Bonchev–Trinajstić information content (AvgIpc) is 2.91. The van der Waals surface area contributed by atoms with Gasteiger partial charge in [-0.3, -0.25) is 4.90 Å². The van der Waals surface area contributed by atoms with Crippen molar-refractivity contribution < 1.29 is 13.9 Å². The van der Waals surface area contributed by atoms with Crippen LogP contribution in [0.15, 0.2) is 48.5 Å². The number of carbonyl (C=O) groups is 1. The van der Waals surface area contributed by atoms with Crippen molar-refractivity contribution in [2.24, 2.45) is 0 Å². The number of benzene rings is 2. The van der Waals surface area contributed by atoms with Gasteiger partial charge in [0.05, 0.1) is 7.11 Å². The molecule has 0 aromatic heterocycles. The summed E-state index contributed by atoms with van der Waals surface area (Å²) in [5.74, 6) is 0.495. The van der Waals surface area contributed by atoms with E-state index in [0.29, 0.717) is 19.6 Å². The molecule has 0 N–H and O–H groups in total. The Bertz CT molecular complexity index is 655. The molecule has 2 aromatic rings. The van der Waals surface area contributed by atoms with Crippen LogP contribution in [-0.4, -0.2) is 31.1 Å². The van der Waals surface area contributed by atoms with Crippen LogP contribution >= 0.6 is 0 Å². The maximum Gasteiger partial charge on any atom is 0.324 e. The fourth-order valence-corrected chi connectivity index (χ4v) is 2.54. The highest BCUT2D eigenvalue weighted by molar-refractivity contribution is 5.94. The van der Waals surface area contributed by atoms with Gasteiger partial charge in [0.25, 0.3) is 0 Å². The molecule has 0 atom stereocenters. The van der Waals surface area contributed by atoms with E-state index in [0.717, 1.165) is 17.0 Å². The van der Waals surface area contributed by atoms with Crippen LogP contribution in [0.1, 0.15) is 5.56 Å². The Morgan fingerprint density at radius 2 is 1.73 bits per heavy atom. The lowest BCUT2D eigenvalue weighted by Crippen LogP contribution is -2.31. The van der Waals surface area contributed by atoms with Gasteiger partial charge in [-0.05, 0) is 42.0 Å². The summed E-state index contributed by atoms with van der Waals surface area (Å²) in [7, 11) is 1.61. The van der Waals surface area contributed by atoms with Crippen molar-refractivity contribution in [2.45, 2.75) is 6.54 Å². The van der Waals surface area contributed by atoms with Gasteiger partial charge < -0.3 is 9.64 Å². The number of urea groups is 1. The Hall–Kier alpha value is -2.56. The molecule has 1 fully saturated rings. The minimum Gasteiger partial charge on any atom is -0.497 e. The molecule has 2 amide bonds. The summed E-state index contributed by atoms with van der Waals surface area (Å²) in [4.78, 5) is 16.0. The maximum atomic E-state index is 12.9. The van der Waals surface area contributed by atoms with Crippen LogP contribution in [0, 0.1) is 5.82 Å². The maximum absolute atomic E-state index is 12.9. The largest absolute Gasteiger partial charge is 0.497 e. The molecular formula is C17H17FN2O2. The third-order valence-corrected chi connectivity index (χ3v) is 3.77. The molecule has 1 aliphatic rings. The molecule has 1 heterocycles. The number of rotatable bonds is 4. The van der Waals surface area contributed by atoms with E-state index < -0.39 is 0 Å². The Balaban J connectivity index is 1.69. The summed E-state index contributed by atoms with van der Waals surface area (Å²) in [6, 6.07) is 13.6. The van der Waals surface area contributed by atoms with Gasteiger partial charge in [-0.15, -0.1) is 0 Å². The zero-order valence-corrected chi connectivity index (χ0v) is 12.3. The zero-order chi connectivity index (χ0) is 15.5. The van der Waals surface area contributed by atoms with E-state index in [1.165, 1.54) is 12.1 Å². The van der Waals surface area contributed by atoms with Gasteiger partial charge in [0, 0.05) is 25.3 Å². The molecule has 5 heteroatoms. The molecule has 0 aliphatic carbocycles. The Morgan fingerprint density at radius 1 is 1.05 bits per heavy atom. The lowest BCUT2D eigenvalue weighted by molar-refractivity contribution is 0.219. The monoisotopic (exact) mass is 300 g/mol. The van der Waals surface area contributed by atoms with Gasteiger partial charge in [0.2, 0.25) is 0 Å². The number of carbonyl (C=O) groups excluding carboxylic acids is 1. The predicted molar refractivity (Wildman–Crippen MR) is 82.5 cm³/mol. The predicted octanol–water partition coefficient (Wildman–Crippen LogP) is 3.28. The zero-order valence-electron chi connectivity index (χ0n) is 12.3. The number of hydrogen-bond donors (Lipinski definition) is 0. The van der Waals surface area contributed by atoms with Gasteiger partial charge in [-0.2, -0.15) is 0 Å². The van der Waals surface area contributed by atoms with Gasteiger partial charge in [0.15, 0.2) is 0 Å². The first kappa shape index (κ1) is 14.4. The standard InChI is InChI=1S/C17H17FN2O2/c1-22-16-8-6-15(7-9-16)20-11-10-19(17(20)21)12-13-2-4-14(18)5-3-13/h2-9H,10-12H2,1H3. The number of ether oxygens (including phenoxy) is 1. The van der Waals surface area contributed by atoms with Crippen molar-refractivity contribution in [3.63, 3.8) is 0 Å². The molecular weight excluding hydrogens is 283 g/mol. The molecule has 0 bridgehead atoms. The first-order valence-electron chi connectivity index (χ1n) is 7.12. The molecule has 0 saturated carbocycles. The topological polar surface area (TPSA) is 32.8 Å². The lowest BCUT2D eigenvalue weighted by Gasteiger charge is -2.19. The van der Waals surface area contributed by atoms with Crippen molar-refractivity contribution >= 4 is 11.7 Å². The van der Waals surface area contributed by atoms with Crippen LogP contribution in [0.2, 0.25) is 0 Å². The highest BCUT2D eigenvalue weighted by atomic mass is 19.1. The van der Waals surface area contributed by atoms with Gasteiger partial charge >= 0.3 is 6.03 Å². The second-order valence-corrected chi connectivity index (χ2v) is 5.18. The third-order valence-electron chi connectivity index (χ3n) is 3.77. The first-order chi connectivity index (χ1) is 10.7. The van der Waals surface area contributed by atoms with Crippen LogP contribution < -0.4 is 9.64 Å². The Morgan fingerprint density at radius 3 is 2.36 bits per heavy atom.